The van der Waals surface area contributed by atoms with Gasteiger partial charge in [-0.05, 0) is 11.5 Å². The van der Waals surface area contributed by atoms with E-state index in [9.17, 15) is 14.4 Å². The average molecular weight is 348 g/mol. The number of thiazole rings is 1. The second-order valence-electron chi connectivity index (χ2n) is 5.51. The van der Waals surface area contributed by atoms with Crippen molar-refractivity contribution in [1.29, 1.82) is 0 Å². The lowest BCUT2D eigenvalue weighted by Gasteiger charge is -2.16. The molecule has 5 rings (SSSR count). The molecule has 0 bridgehead atoms. The average Bonchev–Trinajstić information content (AvgIpc) is 3.10. The van der Waals surface area contributed by atoms with Crippen molar-refractivity contribution in [2.75, 3.05) is 4.90 Å². The van der Waals surface area contributed by atoms with Crippen LogP contribution in [0.2, 0.25) is 0 Å². The molecule has 25 heavy (non-hydrogen) atoms. The minimum Gasteiger partial charge on any atom is -0.267 e. The summed E-state index contributed by atoms with van der Waals surface area (Å²) in [6.07, 6.45) is 1.03. The number of rotatable bonds is 1. The van der Waals surface area contributed by atoms with Crippen LogP contribution in [-0.4, -0.2) is 26.4 Å². The van der Waals surface area contributed by atoms with Crippen LogP contribution in [0.15, 0.2) is 53.5 Å². The number of amides is 2. The van der Waals surface area contributed by atoms with E-state index in [0.717, 1.165) is 33.2 Å². The Morgan fingerprint density at radius 3 is 2.60 bits per heavy atom. The minimum atomic E-state index is -0.509. The van der Waals surface area contributed by atoms with E-state index in [2.05, 4.69) is 10.1 Å². The number of aromatic nitrogens is 3. The van der Waals surface area contributed by atoms with Gasteiger partial charge in [-0.15, -0.1) is 0 Å². The van der Waals surface area contributed by atoms with Crippen molar-refractivity contribution in [3.05, 3.63) is 69.6 Å². The van der Waals surface area contributed by atoms with E-state index in [-0.39, 0.29) is 15.5 Å². The predicted octanol–water partition coefficient (Wildman–Crippen LogP) is 2.10. The summed E-state index contributed by atoms with van der Waals surface area (Å²) in [4.78, 5) is 42.6. The minimum absolute atomic E-state index is 0.144. The maximum Gasteiger partial charge on any atom is 0.292 e. The second-order valence-corrected chi connectivity index (χ2v) is 6.49. The molecule has 2 aromatic carbocycles. The molecular formula is C17H8N4O3S. The van der Waals surface area contributed by atoms with Gasteiger partial charge in [0, 0.05) is 5.39 Å². The third-order valence-electron chi connectivity index (χ3n) is 4.10. The molecule has 1 aliphatic heterocycles. The molecule has 120 valence electrons. The molecule has 2 aromatic heterocycles. The first-order chi connectivity index (χ1) is 12.1. The molecule has 0 fully saturated rings. The van der Waals surface area contributed by atoms with E-state index < -0.39 is 17.4 Å². The van der Waals surface area contributed by atoms with Crippen LogP contribution >= 0.6 is 11.3 Å². The quantitative estimate of drug-likeness (QED) is 0.492. The third-order valence-corrected chi connectivity index (χ3v) is 5.12. The summed E-state index contributed by atoms with van der Waals surface area (Å²) in [5.74, 6) is -0.901. The molecule has 0 N–H and O–H groups in total. The number of benzene rings is 2. The van der Waals surface area contributed by atoms with Gasteiger partial charge in [0.1, 0.15) is 11.1 Å². The predicted molar refractivity (Wildman–Crippen MR) is 92.2 cm³/mol. The van der Waals surface area contributed by atoms with Crippen molar-refractivity contribution in [3.8, 4) is 0 Å². The smallest absolute Gasteiger partial charge is 0.267 e. The fourth-order valence-electron chi connectivity index (χ4n) is 3.04. The lowest BCUT2D eigenvalue weighted by Crippen LogP contribution is -2.30. The number of fused-ring (bicyclic) bond motifs is 4. The SMILES string of the molecule is O=C1c2sc3nc(=O)cnn3c2C(=O)N1c1cccc2ccccc12. The zero-order chi connectivity index (χ0) is 17.1. The monoisotopic (exact) mass is 348 g/mol. The Morgan fingerprint density at radius 2 is 1.72 bits per heavy atom. The Bertz CT molecular complexity index is 1270. The van der Waals surface area contributed by atoms with E-state index in [0.29, 0.717) is 5.69 Å². The van der Waals surface area contributed by atoms with Crippen LogP contribution in [0.5, 0.6) is 0 Å². The highest BCUT2D eigenvalue weighted by Gasteiger charge is 2.42. The van der Waals surface area contributed by atoms with Gasteiger partial charge in [0.2, 0.25) is 4.96 Å². The maximum absolute atomic E-state index is 13.0. The van der Waals surface area contributed by atoms with E-state index in [4.69, 9.17) is 0 Å². The number of nitrogens with zero attached hydrogens (tertiary/aromatic N) is 4. The standard InChI is InChI=1S/C17H8N4O3S/c22-12-8-18-21-13-14(25-17(21)19-12)16(24)20(15(13)23)11-7-3-5-9-4-1-2-6-10(9)11/h1-8H. The largest absolute Gasteiger partial charge is 0.292 e. The summed E-state index contributed by atoms with van der Waals surface area (Å²) in [5, 5.41) is 5.68. The van der Waals surface area contributed by atoms with Crippen LogP contribution in [-0.2, 0) is 0 Å². The Morgan fingerprint density at radius 1 is 0.920 bits per heavy atom. The first-order valence-electron chi connectivity index (χ1n) is 7.40. The van der Waals surface area contributed by atoms with Gasteiger partial charge in [-0.1, -0.05) is 47.7 Å². The zero-order valence-electron chi connectivity index (χ0n) is 12.5. The van der Waals surface area contributed by atoms with Gasteiger partial charge >= 0.3 is 0 Å². The molecule has 0 atom stereocenters. The topological polar surface area (TPSA) is 84.6 Å². The molecule has 0 spiro atoms. The van der Waals surface area contributed by atoms with Gasteiger partial charge in [0.25, 0.3) is 17.4 Å². The molecule has 0 unspecified atom stereocenters. The summed E-state index contributed by atoms with van der Waals surface area (Å²) in [6, 6.07) is 13.0. The van der Waals surface area contributed by atoms with Gasteiger partial charge in [-0.3, -0.25) is 14.4 Å². The highest BCUT2D eigenvalue weighted by atomic mass is 32.1. The molecule has 0 saturated carbocycles. The number of anilines is 1. The van der Waals surface area contributed by atoms with Gasteiger partial charge in [0.05, 0.1) is 5.69 Å². The number of carbonyl (C=O) groups excluding carboxylic acids is 2. The first-order valence-corrected chi connectivity index (χ1v) is 8.22. The maximum atomic E-state index is 13.0. The van der Waals surface area contributed by atoms with Gasteiger partial charge in [-0.2, -0.15) is 14.6 Å². The number of carbonyl (C=O) groups is 2. The van der Waals surface area contributed by atoms with E-state index in [1.807, 2.05) is 30.3 Å². The Balaban J connectivity index is 1.75. The molecule has 1 aliphatic rings. The molecular weight excluding hydrogens is 340 g/mol. The van der Waals surface area contributed by atoms with Crippen molar-refractivity contribution in [2.24, 2.45) is 0 Å². The zero-order valence-corrected chi connectivity index (χ0v) is 13.4. The molecule has 8 heteroatoms. The third kappa shape index (κ3) is 1.82. The van der Waals surface area contributed by atoms with Crippen molar-refractivity contribution in [2.45, 2.75) is 0 Å². The van der Waals surface area contributed by atoms with Crippen LogP contribution in [0.3, 0.4) is 0 Å². The summed E-state index contributed by atoms with van der Waals surface area (Å²) in [5.41, 5.74) is 0.162. The van der Waals surface area contributed by atoms with Gasteiger partial charge in [0.15, 0.2) is 5.69 Å². The highest BCUT2D eigenvalue weighted by molar-refractivity contribution is 7.19. The van der Waals surface area contributed by atoms with E-state index in [1.165, 1.54) is 4.52 Å². The van der Waals surface area contributed by atoms with Crippen LogP contribution in [0.1, 0.15) is 20.2 Å². The molecule has 0 aliphatic carbocycles. The molecule has 0 saturated heterocycles. The van der Waals surface area contributed by atoms with E-state index in [1.54, 1.807) is 12.1 Å². The van der Waals surface area contributed by atoms with Crippen LogP contribution in [0.25, 0.3) is 15.7 Å². The summed E-state index contributed by atoms with van der Waals surface area (Å²) < 4.78 is 1.26. The number of imide groups is 1. The number of hydrogen-bond acceptors (Lipinski definition) is 6. The normalized spacial score (nSPS) is 13.8. The second kappa shape index (κ2) is 4.81. The van der Waals surface area contributed by atoms with Crippen LogP contribution in [0, 0.1) is 0 Å². The Kier molecular flexibility index (Phi) is 2.69. The fraction of sp³-hybridized carbons (Fsp3) is 0. The van der Waals surface area contributed by atoms with Crippen LogP contribution in [0.4, 0.5) is 5.69 Å². The molecule has 0 radical (unpaired) electrons. The lowest BCUT2D eigenvalue weighted by atomic mass is 10.1. The van der Waals surface area contributed by atoms with Crippen molar-refractivity contribution < 1.29 is 9.59 Å². The van der Waals surface area contributed by atoms with Gasteiger partial charge < -0.3 is 0 Å². The number of hydrogen-bond donors (Lipinski definition) is 0. The molecule has 3 heterocycles. The van der Waals surface area contributed by atoms with Crippen molar-refractivity contribution in [3.63, 3.8) is 0 Å². The highest BCUT2D eigenvalue weighted by Crippen LogP contribution is 2.36. The lowest BCUT2D eigenvalue weighted by molar-refractivity contribution is 0.0925. The first kappa shape index (κ1) is 14.0. The summed E-state index contributed by atoms with van der Waals surface area (Å²) >= 11 is 0.994. The molecule has 2 amide bonds. The molecule has 7 nitrogen and oxygen atoms in total. The van der Waals surface area contributed by atoms with Crippen LogP contribution < -0.4 is 10.5 Å². The van der Waals surface area contributed by atoms with Gasteiger partial charge in [-0.25, -0.2) is 4.90 Å². The molecule has 4 aromatic rings. The Hall–Kier alpha value is -3.39. The van der Waals surface area contributed by atoms with Crippen molar-refractivity contribution >= 4 is 44.6 Å². The summed E-state index contributed by atoms with van der Waals surface area (Å²) in [7, 11) is 0. The van der Waals surface area contributed by atoms with E-state index >= 15 is 0 Å². The fourth-order valence-corrected chi connectivity index (χ4v) is 4.03. The summed E-state index contributed by atoms with van der Waals surface area (Å²) in [6.45, 7) is 0. The Labute approximate surface area is 143 Å². The van der Waals surface area contributed by atoms with Crippen molar-refractivity contribution in [1.82, 2.24) is 14.6 Å².